The molecule has 0 atom stereocenters. The van der Waals surface area contributed by atoms with Crippen LogP contribution >= 0.6 is 0 Å². The van der Waals surface area contributed by atoms with Crippen molar-refractivity contribution < 1.29 is 14.2 Å². The lowest BCUT2D eigenvalue weighted by Gasteiger charge is -1.94. The van der Waals surface area contributed by atoms with Crippen LogP contribution in [0.5, 0.6) is 0 Å². The maximum absolute atomic E-state index is 11.4. The van der Waals surface area contributed by atoms with Gasteiger partial charge in [0.15, 0.2) is 5.82 Å². The van der Waals surface area contributed by atoms with E-state index in [0.29, 0.717) is 6.54 Å². The molecule has 2 aromatic rings. The zero-order chi connectivity index (χ0) is 13.8. The van der Waals surface area contributed by atoms with E-state index in [1.807, 2.05) is 0 Å². The Morgan fingerprint density at radius 1 is 1.63 bits per heavy atom. The van der Waals surface area contributed by atoms with Crippen molar-refractivity contribution in [3.8, 4) is 0 Å². The average molecular weight is 266 g/mol. The van der Waals surface area contributed by atoms with Gasteiger partial charge in [0.2, 0.25) is 0 Å². The van der Waals surface area contributed by atoms with E-state index in [9.17, 15) is 14.9 Å². The van der Waals surface area contributed by atoms with Crippen LogP contribution in [0.1, 0.15) is 23.4 Å². The first-order valence-corrected chi connectivity index (χ1v) is 5.37. The zero-order valence-electron chi connectivity index (χ0n) is 9.94. The van der Waals surface area contributed by atoms with Gasteiger partial charge in [-0.05, 0) is 6.92 Å². The van der Waals surface area contributed by atoms with Gasteiger partial charge in [-0.2, -0.15) is 10.1 Å². The van der Waals surface area contributed by atoms with Crippen molar-refractivity contribution in [1.29, 1.82) is 0 Å². The lowest BCUT2D eigenvalue weighted by molar-refractivity contribution is -0.385. The number of nitrogens with zero attached hydrogens (tertiary/aromatic N) is 5. The molecule has 10 nitrogen and oxygen atoms in total. The largest absolute Gasteiger partial charge is 0.348 e. The molecule has 0 aliphatic rings. The van der Waals surface area contributed by atoms with Crippen LogP contribution in [0.25, 0.3) is 0 Å². The van der Waals surface area contributed by atoms with Gasteiger partial charge in [-0.3, -0.25) is 19.6 Å². The van der Waals surface area contributed by atoms with E-state index in [4.69, 9.17) is 4.52 Å². The molecule has 2 heterocycles. The Morgan fingerprint density at radius 3 is 3.05 bits per heavy atom. The number of aromatic nitrogens is 4. The summed E-state index contributed by atoms with van der Waals surface area (Å²) in [6.45, 7) is 2.29. The van der Waals surface area contributed by atoms with Crippen molar-refractivity contribution in [3.05, 3.63) is 34.2 Å². The summed E-state index contributed by atoms with van der Waals surface area (Å²) in [4.78, 5) is 25.2. The molecule has 10 heteroatoms. The molecule has 19 heavy (non-hydrogen) atoms. The second kappa shape index (κ2) is 5.25. The van der Waals surface area contributed by atoms with Gasteiger partial charge < -0.3 is 9.84 Å². The second-order valence-corrected chi connectivity index (χ2v) is 3.53. The molecule has 0 spiro atoms. The van der Waals surface area contributed by atoms with Gasteiger partial charge in [0.1, 0.15) is 18.9 Å². The fourth-order valence-electron chi connectivity index (χ4n) is 1.32. The molecule has 2 aromatic heterocycles. The lowest BCUT2D eigenvalue weighted by atomic mass is 10.5. The number of hydrogen-bond acceptors (Lipinski definition) is 7. The SMILES string of the molecule is CCNC(=O)c1nc(Cn2cc([N+](=O)[O-])cn2)no1. The summed E-state index contributed by atoms with van der Waals surface area (Å²) in [5.74, 6) is -0.412. The third-order valence-electron chi connectivity index (χ3n) is 2.13. The molecule has 1 N–H and O–H groups in total. The fourth-order valence-corrected chi connectivity index (χ4v) is 1.32. The van der Waals surface area contributed by atoms with E-state index in [1.54, 1.807) is 6.92 Å². The molecule has 1 amide bonds. The highest BCUT2D eigenvalue weighted by Crippen LogP contribution is 2.09. The summed E-state index contributed by atoms with van der Waals surface area (Å²) in [7, 11) is 0. The summed E-state index contributed by atoms with van der Waals surface area (Å²) in [6.07, 6.45) is 2.35. The van der Waals surface area contributed by atoms with E-state index in [0.717, 1.165) is 6.20 Å². The lowest BCUT2D eigenvalue weighted by Crippen LogP contribution is -2.23. The smallest absolute Gasteiger partial charge is 0.316 e. The van der Waals surface area contributed by atoms with Gasteiger partial charge in [-0.15, -0.1) is 0 Å². The highest BCUT2D eigenvalue weighted by atomic mass is 16.6. The first-order chi connectivity index (χ1) is 9.10. The average Bonchev–Trinajstić information content (AvgIpc) is 2.99. The Morgan fingerprint density at radius 2 is 2.42 bits per heavy atom. The van der Waals surface area contributed by atoms with E-state index in [1.165, 1.54) is 10.9 Å². The summed E-state index contributed by atoms with van der Waals surface area (Å²) in [5, 5.41) is 20.4. The van der Waals surface area contributed by atoms with Crippen LogP contribution in [0.15, 0.2) is 16.9 Å². The minimum absolute atomic E-state index is 0.0801. The number of rotatable bonds is 5. The van der Waals surface area contributed by atoms with Crippen molar-refractivity contribution in [2.24, 2.45) is 0 Å². The summed E-state index contributed by atoms with van der Waals surface area (Å²) < 4.78 is 6.04. The molecule has 0 aliphatic carbocycles. The van der Waals surface area contributed by atoms with Crippen LogP contribution in [0.4, 0.5) is 5.69 Å². The number of nitro groups is 1. The first-order valence-electron chi connectivity index (χ1n) is 5.37. The predicted molar refractivity (Wildman–Crippen MR) is 60.3 cm³/mol. The van der Waals surface area contributed by atoms with Crippen LogP contribution in [0.2, 0.25) is 0 Å². The Balaban J connectivity index is 2.06. The van der Waals surface area contributed by atoms with Gasteiger partial charge >= 0.3 is 17.5 Å². The van der Waals surface area contributed by atoms with Crippen LogP contribution < -0.4 is 5.32 Å². The molecule has 0 radical (unpaired) electrons. The van der Waals surface area contributed by atoms with Gasteiger partial charge in [0.05, 0.1) is 4.92 Å². The topological polar surface area (TPSA) is 129 Å². The maximum Gasteiger partial charge on any atom is 0.316 e. The quantitative estimate of drug-likeness (QED) is 0.594. The number of hydrogen-bond donors (Lipinski definition) is 1. The summed E-state index contributed by atoms with van der Waals surface area (Å²) >= 11 is 0. The molecule has 0 unspecified atom stereocenters. The van der Waals surface area contributed by atoms with Crippen molar-refractivity contribution in [2.75, 3.05) is 6.54 Å². The van der Waals surface area contributed by atoms with Crippen LogP contribution in [-0.4, -0.2) is 37.3 Å². The highest BCUT2D eigenvalue weighted by Gasteiger charge is 2.15. The third kappa shape index (κ3) is 2.91. The molecule has 0 saturated carbocycles. The van der Waals surface area contributed by atoms with Crippen molar-refractivity contribution >= 4 is 11.6 Å². The summed E-state index contributed by atoms with van der Waals surface area (Å²) in [5.41, 5.74) is -0.132. The van der Waals surface area contributed by atoms with E-state index >= 15 is 0 Å². The van der Waals surface area contributed by atoms with E-state index in [2.05, 4.69) is 20.6 Å². The van der Waals surface area contributed by atoms with Crippen LogP contribution in [0.3, 0.4) is 0 Å². The molecule has 0 aromatic carbocycles. The molecule has 100 valence electrons. The Kier molecular flexibility index (Phi) is 3.50. The molecule has 0 saturated heterocycles. The Hall–Kier alpha value is -2.78. The van der Waals surface area contributed by atoms with E-state index in [-0.39, 0.29) is 23.9 Å². The normalized spacial score (nSPS) is 10.4. The molecule has 0 aliphatic heterocycles. The number of amides is 1. The van der Waals surface area contributed by atoms with E-state index < -0.39 is 10.8 Å². The number of carbonyl (C=O) groups excluding carboxylic acids is 1. The highest BCUT2D eigenvalue weighted by molar-refractivity contribution is 5.89. The predicted octanol–water partition coefficient (Wildman–Crippen LogP) is -0.0277. The number of nitrogens with one attached hydrogen (secondary N) is 1. The maximum atomic E-state index is 11.4. The Labute approximate surface area is 106 Å². The Bertz CT molecular complexity index is 603. The second-order valence-electron chi connectivity index (χ2n) is 3.53. The van der Waals surface area contributed by atoms with Gasteiger partial charge in [-0.1, -0.05) is 5.16 Å². The molecular formula is C9H10N6O4. The van der Waals surface area contributed by atoms with Gasteiger partial charge in [-0.25, -0.2) is 0 Å². The minimum atomic E-state index is -0.556. The van der Waals surface area contributed by atoms with Crippen molar-refractivity contribution in [3.63, 3.8) is 0 Å². The molecule has 2 rings (SSSR count). The monoisotopic (exact) mass is 266 g/mol. The molecule has 0 fully saturated rings. The summed E-state index contributed by atoms with van der Waals surface area (Å²) in [6, 6.07) is 0. The van der Waals surface area contributed by atoms with Crippen LogP contribution in [0, 0.1) is 10.1 Å². The van der Waals surface area contributed by atoms with Crippen molar-refractivity contribution in [2.45, 2.75) is 13.5 Å². The van der Waals surface area contributed by atoms with Gasteiger partial charge in [0.25, 0.3) is 0 Å². The zero-order valence-corrected chi connectivity index (χ0v) is 9.94. The minimum Gasteiger partial charge on any atom is -0.348 e. The molecule has 0 bridgehead atoms. The standard InChI is InChI=1S/C9H10N6O4/c1-2-10-8(16)9-12-7(13-19-9)5-14-4-6(3-11-14)15(17)18/h3-4H,2,5H2,1H3,(H,10,16). The molecular weight excluding hydrogens is 256 g/mol. The first kappa shape index (κ1) is 12.7. The number of carbonyl (C=O) groups is 1. The third-order valence-corrected chi connectivity index (χ3v) is 2.13. The fraction of sp³-hybridized carbons (Fsp3) is 0.333. The van der Waals surface area contributed by atoms with Crippen LogP contribution in [-0.2, 0) is 6.54 Å². The van der Waals surface area contributed by atoms with Crippen molar-refractivity contribution in [1.82, 2.24) is 25.2 Å². The van der Waals surface area contributed by atoms with Gasteiger partial charge in [0, 0.05) is 6.54 Å².